The van der Waals surface area contributed by atoms with Gasteiger partial charge >= 0.3 is 0 Å². The van der Waals surface area contributed by atoms with Crippen molar-refractivity contribution in [3.8, 4) is 0 Å². The molecule has 29 heavy (non-hydrogen) atoms. The molecule has 1 aromatic carbocycles. The van der Waals surface area contributed by atoms with Gasteiger partial charge in [0.2, 0.25) is 5.91 Å². The summed E-state index contributed by atoms with van der Waals surface area (Å²) in [6.07, 6.45) is 4.01. The molecule has 164 valence electrons. The first kappa shape index (κ1) is 25.7. The number of likely N-dealkylation sites (tertiary alicyclic amines) is 1. The van der Waals surface area contributed by atoms with Gasteiger partial charge in [-0.15, -0.1) is 24.0 Å². The Bertz CT molecular complexity index is 644. The van der Waals surface area contributed by atoms with E-state index in [1.807, 2.05) is 0 Å². The zero-order chi connectivity index (χ0) is 20.4. The summed E-state index contributed by atoms with van der Waals surface area (Å²) in [5, 5.41) is 3.40. The minimum absolute atomic E-state index is 0. The molecular weight excluding hydrogens is 477 g/mol. The van der Waals surface area contributed by atoms with Crippen molar-refractivity contribution in [1.82, 2.24) is 15.1 Å². The SMILES string of the molecule is CCNC(=NCCCCN1CCC(C(N)=O)CC1)N(C)Cc1ccccc1C.I. The summed E-state index contributed by atoms with van der Waals surface area (Å²) in [6, 6.07) is 8.50. The summed E-state index contributed by atoms with van der Waals surface area (Å²) >= 11 is 0. The van der Waals surface area contributed by atoms with Crippen LogP contribution in [0.25, 0.3) is 0 Å². The predicted molar refractivity (Wildman–Crippen MR) is 132 cm³/mol. The number of carbonyl (C=O) groups excluding carboxylic acids is 1. The van der Waals surface area contributed by atoms with Gasteiger partial charge in [0.15, 0.2) is 5.96 Å². The lowest BCUT2D eigenvalue weighted by Crippen LogP contribution is -2.39. The van der Waals surface area contributed by atoms with E-state index in [-0.39, 0.29) is 35.8 Å². The van der Waals surface area contributed by atoms with Crippen molar-refractivity contribution in [3.05, 3.63) is 35.4 Å². The van der Waals surface area contributed by atoms with Crippen LogP contribution < -0.4 is 11.1 Å². The van der Waals surface area contributed by atoms with E-state index in [1.54, 1.807) is 0 Å². The van der Waals surface area contributed by atoms with Crippen molar-refractivity contribution < 1.29 is 4.79 Å². The molecule has 7 heteroatoms. The van der Waals surface area contributed by atoms with Crippen molar-refractivity contribution >= 4 is 35.8 Å². The van der Waals surface area contributed by atoms with E-state index in [0.717, 1.165) is 70.9 Å². The van der Waals surface area contributed by atoms with Crippen molar-refractivity contribution in [1.29, 1.82) is 0 Å². The van der Waals surface area contributed by atoms with E-state index < -0.39 is 0 Å². The number of nitrogens with two attached hydrogens (primary N) is 1. The van der Waals surface area contributed by atoms with Crippen molar-refractivity contribution in [2.45, 2.75) is 46.1 Å². The molecule has 3 N–H and O–H groups in total. The normalized spacial score (nSPS) is 15.6. The van der Waals surface area contributed by atoms with Gasteiger partial charge in [-0.3, -0.25) is 9.79 Å². The number of amides is 1. The number of benzene rings is 1. The average molecular weight is 515 g/mol. The maximum Gasteiger partial charge on any atom is 0.220 e. The average Bonchev–Trinajstić information content (AvgIpc) is 2.69. The van der Waals surface area contributed by atoms with Gasteiger partial charge in [0.05, 0.1) is 0 Å². The molecule has 0 atom stereocenters. The first-order chi connectivity index (χ1) is 13.5. The van der Waals surface area contributed by atoms with Gasteiger partial charge in [-0.05, 0) is 70.3 Å². The summed E-state index contributed by atoms with van der Waals surface area (Å²) in [4.78, 5) is 20.7. The molecule has 0 radical (unpaired) electrons. The van der Waals surface area contributed by atoms with Crippen LogP contribution in [0.5, 0.6) is 0 Å². The molecule has 0 saturated carbocycles. The topological polar surface area (TPSA) is 74.0 Å². The highest BCUT2D eigenvalue weighted by atomic mass is 127. The second kappa shape index (κ2) is 13.8. The molecule has 1 aliphatic rings. The number of aryl methyl sites for hydroxylation is 1. The van der Waals surface area contributed by atoms with Gasteiger partial charge in [-0.1, -0.05) is 24.3 Å². The molecule has 1 saturated heterocycles. The zero-order valence-electron chi connectivity index (χ0n) is 18.2. The van der Waals surface area contributed by atoms with Gasteiger partial charge in [-0.25, -0.2) is 0 Å². The molecular formula is C22H38IN5O. The van der Waals surface area contributed by atoms with Gasteiger partial charge in [0.25, 0.3) is 0 Å². The zero-order valence-corrected chi connectivity index (χ0v) is 20.5. The van der Waals surface area contributed by atoms with E-state index in [2.05, 4.69) is 60.3 Å². The maximum absolute atomic E-state index is 11.2. The summed E-state index contributed by atoms with van der Waals surface area (Å²) in [6.45, 7) is 9.86. The molecule has 1 amide bonds. The molecule has 0 aromatic heterocycles. The first-order valence-electron chi connectivity index (χ1n) is 10.6. The lowest BCUT2D eigenvalue weighted by atomic mass is 9.96. The molecule has 1 heterocycles. The van der Waals surface area contributed by atoms with Crippen molar-refractivity contribution in [2.24, 2.45) is 16.6 Å². The number of aliphatic imine (C=N–C) groups is 1. The molecule has 0 spiro atoms. The summed E-state index contributed by atoms with van der Waals surface area (Å²) in [7, 11) is 2.09. The number of hydrogen-bond acceptors (Lipinski definition) is 3. The number of nitrogens with one attached hydrogen (secondary N) is 1. The standard InChI is InChI=1S/C22H37N5O.HI/c1-4-24-22(26(3)17-20-10-6-5-9-18(20)2)25-13-7-8-14-27-15-11-19(12-16-27)21(23)28;/h5-6,9-10,19H,4,7-8,11-17H2,1-3H3,(H2,23,28)(H,24,25);1H. The van der Waals surface area contributed by atoms with Crippen LogP contribution in [0.1, 0.15) is 43.7 Å². The van der Waals surface area contributed by atoms with Crippen LogP contribution in [0.3, 0.4) is 0 Å². The second-order valence-corrected chi connectivity index (χ2v) is 7.74. The number of guanidine groups is 1. The number of unbranched alkanes of at least 4 members (excludes halogenated alkanes) is 1. The Hall–Kier alpha value is -1.35. The van der Waals surface area contributed by atoms with Crippen LogP contribution in [0, 0.1) is 12.8 Å². The van der Waals surface area contributed by atoms with Gasteiger partial charge in [0, 0.05) is 32.6 Å². The number of hydrogen-bond donors (Lipinski definition) is 2. The number of halogens is 1. The highest BCUT2D eigenvalue weighted by molar-refractivity contribution is 14.0. The van der Waals surface area contributed by atoms with Crippen LogP contribution >= 0.6 is 24.0 Å². The monoisotopic (exact) mass is 515 g/mol. The van der Waals surface area contributed by atoms with E-state index in [9.17, 15) is 4.79 Å². The van der Waals surface area contributed by atoms with Crippen LogP contribution in [0.2, 0.25) is 0 Å². The van der Waals surface area contributed by atoms with Crippen molar-refractivity contribution in [2.75, 3.05) is 39.8 Å². The third-order valence-electron chi connectivity index (χ3n) is 5.50. The Kier molecular flexibility index (Phi) is 12.2. The predicted octanol–water partition coefficient (Wildman–Crippen LogP) is 2.99. The van der Waals surface area contributed by atoms with Gasteiger partial charge in [-0.2, -0.15) is 0 Å². The fourth-order valence-electron chi connectivity index (χ4n) is 3.66. The van der Waals surface area contributed by atoms with Crippen LogP contribution in [0.15, 0.2) is 29.3 Å². The molecule has 1 aliphatic heterocycles. The third kappa shape index (κ3) is 8.90. The number of piperidine rings is 1. The maximum atomic E-state index is 11.2. The molecule has 6 nitrogen and oxygen atoms in total. The Morgan fingerprint density at radius 3 is 2.59 bits per heavy atom. The Morgan fingerprint density at radius 2 is 1.97 bits per heavy atom. The van der Waals surface area contributed by atoms with Gasteiger partial charge in [0.1, 0.15) is 0 Å². The van der Waals surface area contributed by atoms with Crippen molar-refractivity contribution in [3.63, 3.8) is 0 Å². The van der Waals surface area contributed by atoms with Crippen LogP contribution in [-0.2, 0) is 11.3 Å². The minimum atomic E-state index is -0.139. The summed E-state index contributed by atoms with van der Waals surface area (Å²) in [5.74, 6) is 0.903. The summed E-state index contributed by atoms with van der Waals surface area (Å²) < 4.78 is 0. The second-order valence-electron chi connectivity index (χ2n) is 7.74. The smallest absolute Gasteiger partial charge is 0.220 e. The lowest BCUT2D eigenvalue weighted by Gasteiger charge is -2.30. The molecule has 0 bridgehead atoms. The Balaban J connectivity index is 0.00000420. The fourth-order valence-corrected chi connectivity index (χ4v) is 3.66. The molecule has 1 aromatic rings. The van der Waals surface area contributed by atoms with Gasteiger partial charge < -0.3 is 20.9 Å². The number of nitrogens with zero attached hydrogens (tertiary/aromatic N) is 3. The number of primary amides is 1. The number of carbonyl (C=O) groups is 1. The highest BCUT2D eigenvalue weighted by Crippen LogP contribution is 2.17. The van der Waals surface area contributed by atoms with Crippen LogP contribution in [-0.4, -0.2) is 61.4 Å². The Morgan fingerprint density at radius 1 is 1.28 bits per heavy atom. The van der Waals surface area contributed by atoms with E-state index in [0.29, 0.717) is 0 Å². The highest BCUT2D eigenvalue weighted by Gasteiger charge is 2.22. The molecule has 0 unspecified atom stereocenters. The molecule has 0 aliphatic carbocycles. The number of rotatable bonds is 9. The third-order valence-corrected chi connectivity index (χ3v) is 5.50. The largest absolute Gasteiger partial charge is 0.369 e. The quantitative estimate of drug-likeness (QED) is 0.230. The lowest BCUT2D eigenvalue weighted by molar-refractivity contribution is -0.123. The summed E-state index contributed by atoms with van der Waals surface area (Å²) in [5.41, 5.74) is 8.04. The van der Waals surface area contributed by atoms with E-state index >= 15 is 0 Å². The van der Waals surface area contributed by atoms with E-state index in [4.69, 9.17) is 10.7 Å². The fraction of sp³-hybridized carbons (Fsp3) is 0.636. The first-order valence-corrected chi connectivity index (χ1v) is 10.6. The van der Waals surface area contributed by atoms with E-state index in [1.165, 1.54) is 11.1 Å². The minimum Gasteiger partial charge on any atom is -0.369 e. The molecule has 1 fully saturated rings. The Labute approximate surface area is 193 Å². The van der Waals surface area contributed by atoms with Crippen LogP contribution in [0.4, 0.5) is 0 Å². The molecule has 2 rings (SSSR count).